The number of carbonyl (C=O) groups excluding carboxylic acids is 3. The van der Waals surface area contributed by atoms with Gasteiger partial charge in [0.2, 0.25) is 5.52 Å². The van der Waals surface area contributed by atoms with Gasteiger partial charge in [-0.25, -0.2) is 21.4 Å². The maximum absolute atomic E-state index is 12.9. The van der Waals surface area contributed by atoms with Gasteiger partial charge in [-0.1, -0.05) is 49.2 Å². The fourth-order valence-electron chi connectivity index (χ4n) is 6.28. The van der Waals surface area contributed by atoms with Crippen LogP contribution in [0.5, 0.6) is 0 Å². The molecule has 0 radical (unpaired) electrons. The molecule has 0 atom stereocenters. The summed E-state index contributed by atoms with van der Waals surface area (Å²) in [7, 11) is -8.54. The van der Waals surface area contributed by atoms with Gasteiger partial charge in [0.15, 0.2) is 18.6 Å². The Bertz CT molecular complexity index is 2910. The molecule has 7 rings (SSSR count). The number of nitrogens with zero attached hydrogens (tertiary/aromatic N) is 2. The van der Waals surface area contributed by atoms with Crippen LogP contribution < -0.4 is 25.1 Å². The molecule has 0 spiro atoms. The zero-order valence-corrected chi connectivity index (χ0v) is 37.9. The van der Waals surface area contributed by atoms with Crippen molar-refractivity contribution in [3.8, 4) is 0 Å². The number of aryl methyl sites for hydroxylation is 4. The molecule has 2 aromatic heterocycles. The highest BCUT2D eigenvalue weighted by Crippen LogP contribution is 2.19. The number of fused-ring (bicyclic) bond motifs is 1. The number of amides is 3. The van der Waals surface area contributed by atoms with E-state index in [2.05, 4.69) is 40.6 Å². The first kappa shape index (κ1) is 48.9. The van der Waals surface area contributed by atoms with E-state index in [1.165, 1.54) is 24.3 Å². The Morgan fingerprint density at radius 2 is 0.938 bits per heavy atom. The van der Waals surface area contributed by atoms with Gasteiger partial charge in [-0.05, 0) is 111 Å². The predicted molar refractivity (Wildman–Crippen MR) is 246 cm³/mol. The van der Waals surface area contributed by atoms with Crippen LogP contribution in [0.2, 0.25) is 0 Å². The Labute approximate surface area is 379 Å². The zero-order chi connectivity index (χ0) is 47.1. The van der Waals surface area contributed by atoms with E-state index in [1.54, 1.807) is 72.8 Å². The first-order valence-corrected chi connectivity index (χ1v) is 23.4. The molecule has 3 N–H and O–H groups in total. The van der Waals surface area contributed by atoms with Crippen LogP contribution >= 0.6 is 0 Å². The number of hydrogen-bond donors (Lipinski definition) is 3. The summed E-state index contributed by atoms with van der Waals surface area (Å²) >= 11 is 0. The number of carbonyl (C=O) groups is 3. The molecule has 0 aliphatic rings. The molecule has 0 aliphatic carbocycles. The van der Waals surface area contributed by atoms with Gasteiger partial charge in [-0.15, -0.1) is 0 Å². The van der Waals surface area contributed by atoms with Crippen LogP contribution in [0.3, 0.4) is 0 Å². The molecule has 0 fully saturated rings. The molecule has 0 bridgehead atoms. The smallest absolute Gasteiger partial charge is 0.255 e. The van der Waals surface area contributed by atoms with E-state index in [-0.39, 0.29) is 27.5 Å². The van der Waals surface area contributed by atoms with Crippen molar-refractivity contribution in [2.75, 3.05) is 16.0 Å². The van der Waals surface area contributed by atoms with Gasteiger partial charge in [0, 0.05) is 64.5 Å². The fraction of sp³-hybridized carbons (Fsp3) is 0.163. The number of nitrogens with one attached hydrogen (secondary N) is 3. The third-order valence-corrected chi connectivity index (χ3v) is 11.3. The van der Waals surface area contributed by atoms with Crippen LogP contribution in [-0.4, -0.2) is 43.7 Å². The highest BCUT2D eigenvalue weighted by Gasteiger charge is 2.14. The van der Waals surface area contributed by atoms with Crippen LogP contribution in [0, 0.1) is 13.8 Å². The van der Waals surface area contributed by atoms with E-state index in [4.69, 9.17) is 0 Å². The lowest BCUT2D eigenvalue weighted by Crippen LogP contribution is -2.33. The van der Waals surface area contributed by atoms with Gasteiger partial charge >= 0.3 is 0 Å². The van der Waals surface area contributed by atoms with Crippen molar-refractivity contribution in [3.63, 3.8) is 0 Å². The van der Waals surface area contributed by atoms with Gasteiger partial charge in [0.05, 0.1) is 9.79 Å². The van der Waals surface area contributed by atoms with Crippen molar-refractivity contribution in [1.82, 2.24) is 0 Å². The molecule has 3 amide bonds. The number of anilines is 3. The SMILES string of the molecule is CCC[n+]1cccc(NC(=O)c2ccc(NC(=O)c3ccc(C(=O)Nc4ccc5c(ccc[n+]5CCC)c4)cc3)cc2)c1.Cc1ccc(S(=O)(=O)[O-])cc1.Cc1ccc(S(=O)(=O)[O-])cc1. The van der Waals surface area contributed by atoms with E-state index < -0.39 is 20.2 Å². The number of pyridine rings is 2. The molecule has 0 aliphatic heterocycles. The molecule has 65 heavy (non-hydrogen) atoms. The molecule has 7 aromatic rings. The van der Waals surface area contributed by atoms with Crippen molar-refractivity contribution in [1.29, 1.82) is 0 Å². The summed E-state index contributed by atoms with van der Waals surface area (Å²) in [6.07, 6.45) is 7.96. The van der Waals surface area contributed by atoms with Gasteiger partial charge < -0.3 is 25.1 Å². The monoisotopic (exact) mass is 915 g/mol. The summed E-state index contributed by atoms with van der Waals surface area (Å²) in [4.78, 5) is 38.1. The van der Waals surface area contributed by atoms with Gasteiger partial charge in [0.1, 0.15) is 39.0 Å². The Balaban J connectivity index is 0.000000293. The standard InChI is InChI=1S/C35H33N5O3.2C7H8O3S/c1-3-19-39-21-6-8-31(24-39)38-35(43)27-13-15-29(16-14-27)36-33(41)25-9-11-26(12-10-25)34(42)37-30-17-18-32-28(23-30)7-5-22-40(32)20-4-2;2*1-6-2-4-7(5-3-6)11(8,9)10/h5-18,21-24H,3-4,19-20H2,1-2H3,(H-2,36,37,38,41,42,43);2*2-5H,1H3,(H,8,9,10). The van der Waals surface area contributed by atoms with Crippen molar-refractivity contribution in [3.05, 3.63) is 186 Å². The highest BCUT2D eigenvalue weighted by atomic mass is 32.2. The van der Waals surface area contributed by atoms with Crippen LogP contribution in [0.15, 0.2) is 168 Å². The molecule has 5 aromatic carbocycles. The third kappa shape index (κ3) is 14.7. The van der Waals surface area contributed by atoms with E-state index in [0.717, 1.165) is 48.0 Å². The summed E-state index contributed by atoms with van der Waals surface area (Å²) < 4.78 is 66.6. The lowest BCUT2D eigenvalue weighted by atomic mass is 10.1. The van der Waals surface area contributed by atoms with Crippen LogP contribution in [0.1, 0.15) is 68.9 Å². The second-order valence-electron chi connectivity index (χ2n) is 14.9. The fourth-order valence-corrected chi connectivity index (χ4v) is 7.22. The maximum atomic E-state index is 12.9. The lowest BCUT2D eigenvalue weighted by Gasteiger charge is -2.09. The van der Waals surface area contributed by atoms with Crippen LogP contribution in [0.25, 0.3) is 10.9 Å². The van der Waals surface area contributed by atoms with Gasteiger partial charge in [0.25, 0.3) is 17.7 Å². The van der Waals surface area contributed by atoms with Crippen molar-refractivity contribution in [2.45, 2.75) is 63.4 Å². The van der Waals surface area contributed by atoms with Gasteiger partial charge in [-0.2, -0.15) is 4.57 Å². The highest BCUT2D eigenvalue weighted by molar-refractivity contribution is 7.86. The first-order valence-electron chi connectivity index (χ1n) is 20.5. The molecule has 2 heterocycles. The quantitative estimate of drug-likeness (QED) is 0.0806. The largest absolute Gasteiger partial charge is 0.744 e. The summed E-state index contributed by atoms with van der Waals surface area (Å²) in [5.74, 6) is -0.804. The average molecular weight is 916 g/mol. The normalized spacial score (nSPS) is 11.0. The summed E-state index contributed by atoms with van der Waals surface area (Å²) in [6, 6.07) is 38.4. The molecule has 336 valence electrons. The Hall–Kier alpha value is -7.11. The molecular weight excluding hydrogens is 867 g/mol. The summed E-state index contributed by atoms with van der Waals surface area (Å²) in [6.45, 7) is 9.69. The minimum Gasteiger partial charge on any atom is -0.744 e. The lowest BCUT2D eigenvalue weighted by molar-refractivity contribution is -0.696. The minimum absolute atomic E-state index is 0.178. The summed E-state index contributed by atoms with van der Waals surface area (Å²) in [5.41, 5.74) is 6.28. The first-order chi connectivity index (χ1) is 30.9. The summed E-state index contributed by atoms with van der Waals surface area (Å²) in [5, 5.41) is 9.74. The molecule has 14 nitrogen and oxygen atoms in total. The predicted octanol–water partition coefficient (Wildman–Crippen LogP) is 7.79. The van der Waals surface area contributed by atoms with Crippen LogP contribution in [0.4, 0.5) is 17.1 Å². The van der Waals surface area contributed by atoms with Crippen LogP contribution in [-0.2, 0) is 33.3 Å². The maximum Gasteiger partial charge on any atom is 0.255 e. The molecular formula is C49H49N5O9S2. The number of hydrogen-bond acceptors (Lipinski definition) is 9. The van der Waals surface area contributed by atoms with E-state index in [0.29, 0.717) is 33.8 Å². The molecule has 0 saturated carbocycles. The Kier molecular flexibility index (Phi) is 16.9. The Morgan fingerprint density at radius 1 is 0.508 bits per heavy atom. The van der Waals surface area contributed by atoms with E-state index in [1.807, 2.05) is 73.3 Å². The van der Waals surface area contributed by atoms with Gasteiger partial charge in [-0.3, -0.25) is 14.4 Å². The molecule has 16 heteroatoms. The number of aromatic nitrogens is 2. The zero-order valence-electron chi connectivity index (χ0n) is 36.2. The minimum atomic E-state index is -4.27. The number of rotatable bonds is 12. The topological polar surface area (TPSA) is 209 Å². The second-order valence-corrected chi connectivity index (χ2v) is 17.6. The van der Waals surface area contributed by atoms with Crippen molar-refractivity contribution >= 4 is 65.9 Å². The van der Waals surface area contributed by atoms with E-state index >= 15 is 0 Å². The molecule has 0 unspecified atom stereocenters. The Morgan fingerprint density at radius 3 is 1.42 bits per heavy atom. The molecule has 0 saturated heterocycles. The average Bonchev–Trinajstić information content (AvgIpc) is 3.27. The number of benzene rings is 5. The third-order valence-electron chi connectivity index (χ3n) is 9.63. The second kappa shape index (κ2) is 22.5. The van der Waals surface area contributed by atoms with E-state index in [9.17, 15) is 40.3 Å². The van der Waals surface area contributed by atoms with Crippen molar-refractivity contribution < 1.29 is 49.5 Å². The van der Waals surface area contributed by atoms with Crippen molar-refractivity contribution in [2.24, 2.45) is 0 Å².